The molecule has 0 aromatic rings. The summed E-state index contributed by atoms with van der Waals surface area (Å²) in [5, 5.41) is 0. The molecule has 2 saturated heterocycles. The van der Waals surface area contributed by atoms with Crippen LogP contribution in [0.1, 0.15) is 26.2 Å². The van der Waals surface area contributed by atoms with Gasteiger partial charge in [0.1, 0.15) is 0 Å². The predicted molar refractivity (Wildman–Crippen MR) is 66.1 cm³/mol. The van der Waals surface area contributed by atoms with Crippen molar-refractivity contribution >= 4 is 5.97 Å². The van der Waals surface area contributed by atoms with Crippen molar-refractivity contribution in [3.63, 3.8) is 0 Å². The third kappa shape index (κ3) is 3.43. The monoisotopic (exact) mass is 257 g/mol. The Morgan fingerprint density at radius 1 is 1.39 bits per heavy atom. The Labute approximate surface area is 108 Å². The molecular weight excluding hydrogens is 234 g/mol. The Hall–Kier alpha value is -0.650. The zero-order chi connectivity index (χ0) is 13.0. The number of ether oxygens (including phenoxy) is 3. The summed E-state index contributed by atoms with van der Waals surface area (Å²) in [6.45, 7) is 6.05. The molecule has 104 valence electrons. The summed E-state index contributed by atoms with van der Waals surface area (Å²) in [4.78, 5) is 13.6. The Morgan fingerprint density at radius 2 is 2.11 bits per heavy atom. The summed E-state index contributed by atoms with van der Waals surface area (Å²) in [6.07, 6.45) is 2.26. The van der Waals surface area contributed by atoms with Crippen LogP contribution in [0.4, 0.5) is 0 Å². The molecular formula is C13H23NO4. The van der Waals surface area contributed by atoms with E-state index in [-0.39, 0.29) is 18.4 Å². The van der Waals surface area contributed by atoms with E-state index in [0.29, 0.717) is 18.9 Å². The van der Waals surface area contributed by atoms with E-state index in [9.17, 15) is 4.79 Å². The first-order chi connectivity index (χ1) is 8.72. The Morgan fingerprint density at radius 3 is 2.72 bits per heavy atom. The Bertz CT molecular complexity index is 276. The Balaban J connectivity index is 1.74. The molecule has 0 amide bonds. The van der Waals surface area contributed by atoms with Crippen molar-refractivity contribution in [3.8, 4) is 0 Å². The lowest BCUT2D eigenvalue weighted by molar-refractivity contribution is -0.145. The summed E-state index contributed by atoms with van der Waals surface area (Å²) >= 11 is 0. The van der Waals surface area contributed by atoms with Crippen LogP contribution in [0.5, 0.6) is 0 Å². The van der Waals surface area contributed by atoms with Crippen molar-refractivity contribution in [2.75, 3.05) is 33.4 Å². The second kappa shape index (κ2) is 6.50. The normalized spacial score (nSPS) is 30.6. The standard InChI is InChI=1S/C13H23NO4/c1-3-14-6-4-10(5-7-14)13-17-9-11(18-13)8-12(15)16-2/h10-11,13H,3-9H2,1-2H3. The van der Waals surface area contributed by atoms with Gasteiger partial charge in [0.25, 0.3) is 0 Å². The maximum atomic E-state index is 11.2. The van der Waals surface area contributed by atoms with Gasteiger partial charge in [-0.25, -0.2) is 0 Å². The lowest BCUT2D eigenvalue weighted by Gasteiger charge is -2.33. The molecule has 2 fully saturated rings. The largest absolute Gasteiger partial charge is 0.469 e. The van der Waals surface area contributed by atoms with Gasteiger partial charge in [-0.2, -0.15) is 0 Å². The first-order valence-electron chi connectivity index (χ1n) is 6.79. The number of esters is 1. The molecule has 2 aliphatic rings. The van der Waals surface area contributed by atoms with Crippen LogP contribution in [0.25, 0.3) is 0 Å². The predicted octanol–water partition coefficient (Wildman–Crippen LogP) is 1.02. The highest BCUT2D eigenvalue weighted by Gasteiger charge is 2.35. The smallest absolute Gasteiger partial charge is 0.308 e. The van der Waals surface area contributed by atoms with Crippen molar-refractivity contribution in [1.29, 1.82) is 0 Å². The highest BCUT2D eigenvalue weighted by atomic mass is 16.7. The first-order valence-corrected chi connectivity index (χ1v) is 6.79. The molecule has 5 nitrogen and oxygen atoms in total. The van der Waals surface area contributed by atoms with Crippen LogP contribution in [0.2, 0.25) is 0 Å². The van der Waals surface area contributed by atoms with Crippen molar-refractivity contribution < 1.29 is 19.0 Å². The van der Waals surface area contributed by atoms with E-state index < -0.39 is 0 Å². The fraction of sp³-hybridized carbons (Fsp3) is 0.923. The Kier molecular flexibility index (Phi) is 4.97. The van der Waals surface area contributed by atoms with Gasteiger partial charge in [-0.15, -0.1) is 0 Å². The van der Waals surface area contributed by atoms with Gasteiger partial charge in [0.15, 0.2) is 6.29 Å². The molecule has 2 aliphatic heterocycles. The highest BCUT2D eigenvalue weighted by molar-refractivity contribution is 5.69. The van der Waals surface area contributed by atoms with Crippen molar-refractivity contribution in [2.45, 2.75) is 38.6 Å². The van der Waals surface area contributed by atoms with Crippen LogP contribution >= 0.6 is 0 Å². The molecule has 0 aromatic heterocycles. The third-order valence-electron chi connectivity index (χ3n) is 3.86. The number of nitrogens with zero attached hydrogens (tertiary/aromatic N) is 1. The average Bonchev–Trinajstić information content (AvgIpc) is 2.87. The topological polar surface area (TPSA) is 48.0 Å². The molecule has 0 spiro atoms. The number of methoxy groups -OCH3 is 1. The van der Waals surface area contributed by atoms with Crippen LogP contribution < -0.4 is 0 Å². The lowest BCUT2D eigenvalue weighted by atomic mass is 9.96. The maximum absolute atomic E-state index is 11.2. The summed E-state index contributed by atoms with van der Waals surface area (Å²) in [6, 6.07) is 0. The summed E-state index contributed by atoms with van der Waals surface area (Å²) < 4.78 is 16.1. The minimum Gasteiger partial charge on any atom is -0.469 e. The maximum Gasteiger partial charge on any atom is 0.308 e. The van der Waals surface area contributed by atoms with Crippen molar-refractivity contribution in [3.05, 3.63) is 0 Å². The number of carbonyl (C=O) groups is 1. The van der Waals surface area contributed by atoms with E-state index >= 15 is 0 Å². The summed E-state index contributed by atoms with van der Waals surface area (Å²) in [7, 11) is 1.40. The van der Waals surface area contributed by atoms with Gasteiger partial charge in [-0.3, -0.25) is 4.79 Å². The SMILES string of the molecule is CCN1CCC(C2OCC(CC(=O)OC)O2)CC1. The molecule has 2 atom stereocenters. The van der Waals surface area contributed by atoms with Crippen LogP contribution in [0.3, 0.4) is 0 Å². The third-order valence-corrected chi connectivity index (χ3v) is 3.86. The lowest BCUT2D eigenvalue weighted by Crippen LogP contribution is -2.38. The van der Waals surface area contributed by atoms with Gasteiger partial charge < -0.3 is 19.1 Å². The number of hydrogen-bond donors (Lipinski definition) is 0. The summed E-state index contributed by atoms with van der Waals surface area (Å²) in [5.74, 6) is 0.237. The van der Waals surface area contributed by atoms with Gasteiger partial charge in [0.05, 0.1) is 26.2 Å². The van der Waals surface area contributed by atoms with Gasteiger partial charge in [0.2, 0.25) is 0 Å². The van der Waals surface area contributed by atoms with E-state index in [1.807, 2.05) is 0 Å². The van der Waals surface area contributed by atoms with Gasteiger partial charge >= 0.3 is 5.97 Å². The molecule has 5 heteroatoms. The van der Waals surface area contributed by atoms with Crippen LogP contribution in [0.15, 0.2) is 0 Å². The number of carbonyl (C=O) groups excluding carboxylic acids is 1. The van der Waals surface area contributed by atoms with Gasteiger partial charge in [-0.1, -0.05) is 6.92 Å². The second-order valence-corrected chi connectivity index (χ2v) is 5.01. The molecule has 0 saturated carbocycles. The van der Waals surface area contributed by atoms with Crippen molar-refractivity contribution in [1.82, 2.24) is 4.90 Å². The molecule has 0 aliphatic carbocycles. The molecule has 0 N–H and O–H groups in total. The van der Waals surface area contributed by atoms with Crippen LogP contribution in [0, 0.1) is 5.92 Å². The van der Waals surface area contributed by atoms with E-state index in [4.69, 9.17) is 9.47 Å². The van der Waals surface area contributed by atoms with E-state index in [0.717, 1.165) is 32.5 Å². The quantitative estimate of drug-likeness (QED) is 0.704. The highest BCUT2D eigenvalue weighted by Crippen LogP contribution is 2.28. The number of likely N-dealkylation sites (tertiary alicyclic amines) is 1. The average molecular weight is 257 g/mol. The fourth-order valence-electron chi connectivity index (χ4n) is 2.64. The zero-order valence-corrected chi connectivity index (χ0v) is 11.3. The van der Waals surface area contributed by atoms with E-state index in [2.05, 4.69) is 16.6 Å². The number of piperidine rings is 1. The van der Waals surface area contributed by atoms with Gasteiger partial charge in [0, 0.05) is 5.92 Å². The van der Waals surface area contributed by atoms with Crippen molar-refractivity contribution in [2.24, 2.45) is 5.92 Å². The molecule has 0 aromatic carbocycles. The molecule has 2 heterocycles. The fourth-order valence-corrected chi connectivity index (χ4v) is 2.64. The molecule has 0 radical (unpaired) electrons. The molecule has 0 bridgehead atoms. The van der Waals surface area contributed by atoms with Crippen LogP contribution in [-0.4, -0.2) is 56.6 Å². The minimum atomic E-state index is -0.231. The van der Waals surface area contributed by atoms with E-state index in [1.165, 1.54) is 7.11 Å². The molecule has 2 rings (SSSR count). The second-order valence-electron chi connectivity index (χ2n) is 5.01. The summed E-state index contributed by atoms with van der Waals surface area (Å²) in [5.41, 5.74) is 0. The number of rotatable bonds is 4. The van der Waals surface area contributed by atoms with Crippen LogP contribution in [-0.2, 0) is 19.0 Å². The van der Waals surface area contributed by atoms with E-state index in [1.54, 1.807) is 0 Å². The number of hydrogen-bond acceptors (Lipinski definition) is 5. The molecule has 2 unspecified atom stereocenters. The van der Waals surface area contributed by atoms with Gasteiger partial charge in [-0.05, 0) is 32.5 Å². The zero-order valence-electron chi connectivity index (χ0n) is 11.3. The first kappa shape index (κ1) is 13.8. The molecule has 18 heavy (non-hydrogen) atoms. The minimum absolute atomic E-state index is 0.126.